The molecular formula is C23H26N4O. The van der Waals surface area contributed by atoms with Gasteiger partial charge in [0.2, 0.25) is 0 Å². The first-order valence-electron chi connectivity index (χ1n) is 9.84. The number of carbonyl (C=O) groups excluding carboxylic acids is 1. The van der Waals surface area contributed by atoms with E-state index >= 15 is 0 Å². The number of aromatic nitrogens is 2. The van der Waals surface area contributed by atoms with Crippen molar-refractivity contribution in [2.24, 2.45) is 0 Å². The molecule has 1 N–H and O–H groups in total. The molecule has 1 aliphatic rings. The molecule has 144 valence electrons. The van der Waals surface area contributed by atoms with Crippen LogP contribution in [0.3, 0.4) is 0 Å². The van der Waals surface area contributed by atoms with Crippen LogP contribution in [0.25, 0.3) is 0 Å². The van der Waals surface area contributed by atoms with E-state index in [2.05, 4.69) is 58.6 Å². The van der Waals surface area contributed by atoms with Crippen LogP contribution in [0.1, 0.15) is 34.0 Å². The molecule has 2 heterocycles. The molecular weight excluding hydrogens is 348 g/mol. The van der Waals surface area contributed by atoms with Gasteiger partial charge in [-0.3, -0.25) is 14.4 Å². The second-order valence-electron chi connectivity index (χ2n) is 7.46. The summed E-state index contributed by atoms with van der Waals surface area (Å²) >= 11 is 0. The molecule has 1 atom stereocenters. The van der Waals surface area contributed by atoms with Crippen molar-refractivity contribution in [2.45, 2.75) is 32.5 Å². The SMILES string of the molecule is CC(CNC(=O)c1cnn(Cc2ccccc2)c1)N1CCc2ccccc2C1. The van der Waals surface area contributed by atoms with Gasteiger partial charge in [-0.2, -0.15) is 5.10 Å². The maximum Gasteiger partial charge on any atom is 0.254 e. The van der Waals surface area contributed by atoms with Crippen LogP contribution in [0.4, 0.5) is 0 Å². The summed E-state index contributed by atoms with van der Waals surface area (Å²) < 4.78 is 1.80. The zero-order chi connectivity index (χ0) is 19.3. The topological polar surface area (TPSA) is 50.2 Å². The summed E-state index contributed by atoms with van der Waals surface area (Å²) in [6, 6.07) is 19.0. The maximum absolute atomic E-state index is 12.5. The van der Waals surface area contributed by atoms with Gasteiger partial charge >= 0.3 is 0 Å². The fourth-order valence-electron chi connectivity index (χ4n) is 3.70. The number of benzene rings is 2. The molecule has 0 saturated carbocycles. The maximum atomic E-state index is 12.5. The van der Waals surface area contributed by atoms with Gasteiger partial charge in [-0.15, -0.1) is 0 Å². The molecule has 1 unspecified atom stereocenters. The van der Waals surface area contributed by atoms with Gasteiger partial charge in [0.25, 0.3) is 5.91 Å². The third-order valence-electron chi connectivity index (χ3n) is 5.42. The first kappa shape index (κ1) is 18.4. The Kier molecular flexibility index (Phi) is 5.53. The minimum Gasteiger partial charge on any atom is -0.350 e. The van der Waals surface area contributed by atoms with E-state index < -0.39 is 0 Å². The van der Waals surface area contributed by atoms with Gasteiger partial charge in [0, 0.05) is 31.9 Å². The Labute approximate surface area is 166 Å². The Morgan fingerprint density at radius 2 is 1.86 bits per heavy atom. The van der Waals surface area contributed by atoms with E-state index in [1.54, 1.807) is 10.9 Å². The lowest BCUT2D eigenvalue weighted by Gasteiger charge is -2.33. The third kappa shape index (κ3) is 4.31. The zero-order valence-corrected chi connectivity index (χ0v) is 16.2. The number of carbonyl (C=O) groups is 1. The third-order valence-corrected chi connectivity index (χ3v) is 5.42. The second-order valence-corrected chi connectivity index (χ2v) is 7.46. The van der Waals surface area contributed by atoms with E-state index in [4.69, 9.17) is 0 Å². The van der Waals surface area contributed by atoms with Crippen molar-refractivity contribution in [3.05, 3.63) is 89.2 Å². The van der Waals surface area contributed by atoms with Crippen molar-refractivity contribution in [1.82, 2.24) is 20.0 Å². The van der Waals surface area contributed by atoms with E-state index in [0.717, 1.165) is 25.1 Å². The molecule has 0 aliphatic carbocycles. The van der Waals surface area contributed by atoms with Crippen LogP contribution < -0.4 is 5.32 Å². The van der Waals surface area contributed by atoms with E-state index in [-0.39, 0.29) is 11.9 Å². The highest BCUT2D eigenvalue weighted by atomic mass is 16.1. The summed E-state index contributed by atoms with van der Waals surface area (Å²) in [7, 11) is 0. The van der Waals surface area contributed by atoms with Crippen molar-refractivity contribution in [1.29, 1.82) is 0 Å². The molecule has 0 radical (unpaired) electrons. The van der Waals surface area contributed by atoms with Crippen molar-refractivity contribution < 1.29 is 4.79 Å². The van der Waals surface area contributed by atoms with Crippen LogP contribution in [0.2, 0.25) is 0 Å². The van der Waals surface area contributed by atoms with Gasteiger partial charge in [0.05, 0.1) is 18.3 Å². The van der Waals surface area contributed by atoms with Crippen molar-refractivity contribution in [3.63, 3.8) is 0 Å². The highest BCUT2D eigenvalue weighted by molar-refractivity contribution is 5.93. The summed E-state index contributed by atoms with van der Waals surface area (Å²) in [5.41, 5.74) is 4.61. The van der Waals surface area contributed by atoms with Crippen LogP contribution in [-0.2, 0) is 19.5 Å². The van der Waals surface area contributed by atoms with Gasteiger partial charge in [-0.1, -0.05) is 54.6 Å². The molecule has 28 heavy (non-hydrogen) atoms. The molecule has 0 spiro atoms. The van der Waals surface area contributed by atoms with Crippen LogP contribution in [0, 0.1) is 0 Å². The molecule has 0 bridgehead atoms. The largest absolute Gasteiger partial charge is 0.350 e. The van der Waals surface area contributed by atoms with Crippen molar-refractivity contribution in [2.75, 3.05) is 13.1 Å². The first-order chi connectivity index (χ1) is 13.7. The molecule has 1 amide bonds. The van der Waals surface area contributed by atoms with E-state index in [9.17, 15) is 4.79 Å². The van der Waals surface area contributed by atoms with Crippen molar-refractivity contribution >= 4 is 5.91 Å². The van der Waals surface area contributed by atoms with Gasteiger partial charge in [0.15, 0.2) is 0 Å². The highest BCUT2D eigenvalue weighted by Gasteiger charge is 2.21. The Balaban J connectivity index is 1.30. The number of fused-ring (bicyclic) bond motifs is 1. The lowest BCUT2D eigenvalue weighted by molar-refractivity contribution is 0.0932. The number of rotatable bonds is 6. The highest BCUT2D eigenvalue weighted by Crippen LogP contribution is 2.20. The number of hydrogen-bond acceptors (Lipinski definition) is 3. The zero-order valence-electron chi connectivity index (χ0n) is 16.2. The van der Waals surface area contributed by atoms with Gasteiger partial charge in [-0.05, 0) is 30.0 Å². The smallest absolute Gasteiger partial charge is 0.254 e. The molecule has 2 aromatic carbocycles. The number of nitrogens with one attached hydrogen (secondary N) is 1. The van der Waals surface area contributed by atoms with Crippen LogP contribution in [0.15, 0.2) is 67.0 Å². The lowest BCUT2D eigenvalue weighted by atomic mass is 9.99. The number of amides is 1. The Morgan fingerprint density at radius 1 is 1.11 bits per heavy atom. The fourth-order valence-corrected chi connectivity index (χ4v) is 3.70. The van der Waals surface area contributed by atoms with Crippen LogP contribution in [0.5, 0.6) is 0 Å². The van der Waals surface area contributed by atoms with Crippen LogP contribution >= 0.6 is 0 Å². The van der Waals surface area contributed by atoms with Crippen LogP contribution in [-0.4, -0.2) is 39.7 Å². The second kappa shape index (κ2) is 8.40. The average molecular weight is 374 g/mol. The molecule has 0 fully saturated rings. The van der Waals surface area contributed by atoms with Crippen molar-refractivity contribution in [3.8, 4) is 0 Å². The summed E-state index contributed by atoms with van der Waals surface area (Å²) in [4.78, 5) is 14.9. The normalized spacial score (nSPS) is 15.0. The summed E-state index contributed by atoms with van der Waals surface area (Å²) in [5.74, 6) is -0.0661. The summed E-state index contributed by atoms with van der Waals surface area (Å²) in [6.45, 7) is 5.45. The molecule has 1 aliphatic heterocycles. The lowest BCUT2D eigenvalue weighted by Crippen LogP contribution is -2.44. The minimum atomic E-state index is -0.0661. The number of nitrogens with zero attached hydrogens (tertiary/aromatic N) is 3. The Morgan fingerprint density at radius 3 is 2.68 bits per heavy atom. The Hall–Kier alpha value is -2.92. The monoisotopic (exact) mass is 374 g/mol. The van der Waals surface area contributed by atoms with Gasteiger partial charge in [0.1, 0.15) is 0 Å². The molecule has 5 heteroatoms. The quantitative estimate of drug-likeness (QED) is 0.721. The average Bonchev–Trinajstić information content (AvgIpc) is 3.20. The minimum absolute atomic E-state index is 0.0661. The van der Waals surface area contributed by atoms with E-state index in [1.807, 2.05) is 24.4 Å². The van der Waals surface area contributed by atoms with Gasteiger partial charge in [-0.25, -0.2) is 0 Å². The molecule has 1 aromatic heterocycles. The summed E-state index contributed by atoms with van der Waals surface area (Å²) in [6.07, 6.45) is 4.52. The predicted molar refractivity (Wildman–Crippen MR) is 110 cm³/mol. The molecule has 3 aromatic rings. The first-order valence-corrected chi connectivity index (χ1v) is 9.84. The summed E-state index contributed by atoms with van der Waals surface area (Å²) in [5, 5.41) is 7.38. The van der Waals surface area contributed by atoms with E-state index in [1.165, 1.54) is 11.1 Å². The standard InChI is InChI=1S/C23H26N4O/c1-18(26-12-11-20-9-5-6-10-21(20)16-26)13-24-23(28)22-14-25-27(17-22)15-19-7-3-2-4-8-19/h2-10,14,17-18H,11-13,15-16H2,1H3,(H,24,28). The fraction of sp³-hybridized carbons (Fsp3) is 0.304. The molecule has 5 nitrogen and oxygen atoms in total. The number of hydrogen-bond donors (Lipinski definition) is 1. The predicted octanol–water partition coefficient (Wildman–Crippen LogP) is 3.11. The Bertz CT molecular complexity index is 935. The van der Waals surface area contributed by atoms with E-state index in [0.29, 0.717) is 18.7 Å². The molecule has 4 rings (SSSR count). The molecule has 0 saturated heterocycles. The van der Waals surface area contributed by atoms with Gasteiger partial charge < -0.3 is 5.32 Å².